The van der Waals surface area contributed by atoms with Crippen LogP contribution in [0, 0.1) is 0 Å². The van der Waals surface area contributed by atoms with E-state index in [-0.39, 0.29) is 51.2 Å². The second-order valence-corrected chi connectivity index (χ2v) is 4.31. The number of ether oxygens (including phenoxy) is 2. The highest BCUT2D eigenvalue weighted by Crippen LogP contribution is 2.02. The zero-order valence-electron chi connectivity index (χ0n) is 11.9. The molecule has 0 spiro atoms. The molecule has 1 aliphatic rings. The topological polar surface area (TPSA) is 122 Å². The lowest BCUT2D eigenvalue weighted by Gasteiger charge is -2.13. The van der Waals surface area contributed by atoms with Crippen molar-refractivity contribution in [2.45, 2.75) is 6.42 Å². The van der Waals surface area contributed by atoms with Crippen LogP contribution >= 0.6 is 0 Å². The maximum atomic E-state index is 11.2. The van der Waals surface area contributed by atoms with Gasteiger partial charge in [0.1, 0.15) is 6.54 Å². The Kier molecular flexibility index (Phi) is 7.79. The molecule has 9 nitrogen and oxygen atoms in total. The smallest absolute Gasteiger partial charge is 0.322 e. The molecule has 0 bridgehead atoms. The van der Waals surface area contributed by atoms with E-state index in [9.17, 15) is 19.2 Å². The number of hydrogen-bond acceptors (Lipinski definition) is 6. The van der Waals surface area contributed by atoms with Crippen LogP contribution in [0.1, 0.15) is 6.42 Å². The van der Waals surface area contributed by atoms with Crippen molar-refractivity contribution in [3.8, 4) is 0 Å². The van der Waals surface area contributed by atoms with Crippen molar-refractivity contribution in [3.63, 3.8) is 0 Å². The van der Waals surface area contributed by atoms with E-state index in [1.807, 2.05) is 0 Å². The summed E-state index contributed by atoms with van der Waals surface area (Å²) >= 11 is 0. The molecule has 0 radical (unpaired) electrons. The molecule has 0 aromatic rings. The summed E-state index contributed by atoms with van der Waals surface area (Å²) in [5.41, 5.74) is 0. The van der Waals surface area contributed by atoms with Crippen LogP contribution in [0.4, 0.5) is 0 Å². The van der Waals surface area contributed by atoms with Gasteiger partial charge in [0.25, 0.3) is 11.8 Å². The Bertz CT molecular complexity index is 443. The minimum Gasteiger partial charge on any atom is -0.480 e. The fourth-order valence-corrected chi connectivity index (χ4v) is 1.56. The summed E-state index contributed by atoms with van der Waals surface area (Å²) in [4.78, 5) is 44.8. The van der Waals surface area contributed by atoms with Crippen LogP contribution in [0.5, 0.6) is 0 Å². The summed E-state index contributed by atoms with van der Waals surface area (Å²) in [6, 6.07) is 0. The molecular weight excluding hydrogens is 296 g/mol. The van der Waals surface area contributed by atoms with Crippen molar-refractivity contribution in [1.82, 2.24) is 10.2 Å². The van der Waals surface area contributed by atoms with Gasteiger partial charge in [0.15, 0.2) is 0 Å². The molecule has 1 rings (SSSR count). The number of carboxylic acids is 1. The van der Waals surface area contributed by atoms with Gasteiger partial charge in [-0.05, 0) is 0 Å². The van der Waals surface area contributed by atoms with Crippen molar-refractivity contribution in [3.05, 3.63) is 12.2 Å². The first-order valence-corrected chi connectivity index (χ1v) is 6.68. The summed E-state index contributed by atoms with van der Waals surface area (Å²) in [6.07, 6.45) is 2.48. The number of hydrogen-bond donors (Lipinski definition) is 2. The third-order valence-corrected chi connectivity index (χ3v) is 2.64. The van der Waals surface area contributed by atoms with Crippen molar-refractivity contribution in [2.24, 2.45) is 0 Å². The van der Waals surface area contributed by atoms with Crippen LogP contribution in [0.2, 0.25) is 0 Å². The minimum atomic E-state index is -1.10. The predicted molar refractivity (Wildman–Crippen MR) is 72.8 cm³/mol. The largest absolute Gasteiger partial charge is 0.480 e. The van der Waals surface area contributed by atoms with Gasteiger partial charge in [-0.25, -0.2) is 0 Å². The molecule has 22 heavy (non-hydrogen) atoms. The van der Waals surface area contributed by atoms with Crippen LogP contribution in [-0.2, 0) is 28.7 Å². The normalized spacial score (nSPS) is 13.7. The van der Waals surface area contributed by atoms with E-state index < -0.39 is 18.4 Å². The average molecular weight is 314 g/mol. The van der Waals surface area contributed by atoms with Crippen molar-refractivity contribution < 1.29 is 33.8 Å². The van der Waals surface area contributed by atoms with E-state index in [0.717, 1.165) is 4.90 Å². The van der Waals surface area contributed by atoms with Crippen LogP contribution in [0.15, 0.2) is 12.2 Å². The van der Waals surface area contributed by atoms with Gasteiger partial charge in [0.2, 0.25) is 5.91 Å². The summed E-state index contributed by atoms with van der Waals surface area (Å²) in [5, 5.41) is 10.6. The highest BCUT2D eigenvalue weighted by Gasteiger charge is 2.22. The van der Waals surface area contributed by atoms with Crippen LogP contribution in [0.3, 0.4) is 0 Å². The molecule has 3 amide bonds. The van der Waals surface area contributed by atoms with Gasteiger partial charge in [-0.2, -0.15) is 0 Å². The monoisotopic (exact) mass is 314 g/mol. The Morgan fingerprint density at radius 3 is 2.23 bits per heavy atom. The number of amides is 3. The maximum Gasteiger partial charge on any atom is 0.322 e. The molecule has 1 aliphatic heterocycles. The fourth-order valence-electron chi connectivity index (χ4n) is 1.56. The van der Waals surface area contributed by atoms with Crippen LogP contribution in [0.25, 0.3) is 0 Å². The van der Waals surface area contributed by atoms with E-state index in [1.54, 1.807) is 0 Å². The van der Waals surface area contributed by atoms with Crippen molar-refractivity contribution in [2.75, 3.05) is 39.5 Å². The molecule has 0 aliphatic carbocycles. The fraction of sp³-hybridized carbons (Fsp3) is 0.538. The highest BCUT2D eigenvalue weighted by atomic mass is 16.5. The number of nitrogens with zero attached hydrogens (tertiary/aromatic N) is 1. The molecule has 0 unspecified atom stereocenters. The van der Waals surface area contributed by atoms with Gasteiger partial charge in [0.05, 0.1) is 33.0 Å². The van der Waals surface area contributed by atoms with Gasteiger partial charge in [0, 0.05) is 18.6 Å². The molecule has 0 saturated carbocycles. The van der Waals surface area contributed by atoms with E-state index in [2.05, 4.69) is 5.32 Å². The lowest BCUT2D eigenvalue weighted by atomic mass is 10.4. The Balaban J connectivity index is 1.92. The summed E-state index contributed by atoms with van der Waals surface area (Å²) in [5.74, 6) is -2.20. The second kappa shape index (κ2) is 9.64. The molecule has 0 aromatic carbocycles. The number of nitrogens with one attached hydrogen (secondary N) is 1. The molecule has 0 atom stereocenters. The Morgan fingerprint density at radius 2 is 1.64 bits per heavy atom. The number of carbonyl (C=O) groups excluding carboxylic acids is 3. The molecule has 0 saturated heterocycles. The Hall–Kier alpha value is -2.26. The number of imide groups is 1. The third kappa shape index (κ3) is 6.95. The van der Waals surface area contributed by atoms with E-state index in [4.69, 9.17) is 14.6 Å². The lowest BCUT2D eigenvalue weighted by Crippen LogP contribution is -2.33. The van der Waals surface area contributed by atoms with Gasteiger partial charge >= 0.3 is 5.97 Å². The third-order valence-electron chi connectivity index (χ3n) is 2.64. The number of aliphatic carboxylic acids is 1. The van der Waals surface area contributed by atoms with Gasteiger partial charge < -0.3 is 19.9 Å². The Morgan fingerprint density at radius 1 is 1.05 bits per heavy atom. The molecule has 2 N–H and O–H groups in total. The first-order chi connectivity index (χ1) is 10.5. The standard InChI is InChI=1S/C13H18N2O7/c16-10(14-9-13(19)20)3-5-21-7-8-22-6-4-15-11(17)1-2-12(15)18/h1-2H,3-9H2,(H,14,16)(H,19,20). The SMILES string of the molecule is O=C(O)CNC(=O)CCOCCOCCN1C(=O)C=CC1=O. The maximum absolute atomic E-state index is 11.2. The lowest BCUT2D eigenvalue weighted by molar-refractivity contribution is -0.138. The number of carboxylic acid groups (broad SMARTS) is 1. The number of carbonyl (C=O) groups is 4. The van der Waals surface area contributed by atoms with Crippen molar-refractivity contribution in [1.29, 1.82) is 0 Å². The molecular formula is C13H18N2O7. The Labute approximate surface area is 126 Å². The molecule has 1 heterocycles. The number of rotatable bonds is 11. The molecule has 122 valence electrons. The molecule has 0 fully saturated rings. The second-order valence-electron chi connectivity index (χ2n) is 4.31. The summed E-state index contributed by atoms with van der Waals surface area (Å²) in [6.45, 7) is 0.656. The van der Waals surface area contributed by atoms with Gasteiger partial charge in [-0.15, -0.1) is 0 Å². The first-order valence-electron chi connectivity index (χ1n) is 6.68. The predicted octanol–water partition coefficient (Wildman–Crippen LogP) is -1.46. The van der Waals surface area contributed by atoms with Crippen LogP contribution < -0.4 is 5.32 Å². The zero-order chi connectivity index (χ0) is 16.4. The minimum absolute atomic E-state index is 0.0652. The molecule has 0 aromatic heterocycles. The van der Waals surface area contributed by atoms with E-state index in [0.29, 0.717) is 0 Å². The van der Waals surface area contributed by atoms with E-state index >= 15 is 0 Å². The van der Waals surface area contributed by atoms with Crippen LogP contribution in [-0.4, -0.2) is 73.2 Å². The van der Waals surface area contributed by atoms with E-state index in [1.165, 1.54) is 12.2 Å². The van der Waals surface area contributed by atoms with Gasteiger partial charge in [-0.3, -0.25) is 24.1 Å². The highest BCUT2D eigenvalue weighted by molar-refractivity contribution is 6.12. The zero-order valence-corrected chi connectivity index (χ0v) is 11.9. The summed E-state index contributed by atoms with van der Waals surface area (Å²) < 4.78 is 10.3. The first kappa shape index (κ1) is 17.8. The van der Waals surface area contributed by atoms with Crippen molar-refractivity contribution >= 4 is 23.7 Å². The molecule has 9 heteroatoms. The van der Waals surface area contributed by atoms with Gasteiger partial charge in [-0.1, -0.05) is 0 Å². The summed E-state index contributed by atoms with van der Waals surface area (Å²) in [7, 11) is 0. The quantitative estimate of drug-likeness (QED) is 0.353. The average Bonchev–Trinajstić information content (AvgIpc) is 2.79.